The van der Waals surface area contributed by atoms with E-state index in [-0.39, 0.29) is 11.6 Å². The third-order valence-electron chi connectivity index (χ3n) is 5.38. The van der Waals surface area contributed by atoms with Crippen molar-refractivity contribution in [1.82, 2.24) is 20.4 Å². The van der Waals surface area contributed by atoms with Crippen LogP contribution in [-0.2, 0) is 0 Å². The molecule has 24 heavy (non-hydrogen) atoms. The van der Waals surface area contributed by atoms with E-state index in [4.69, 9.17) is 0 Å². The predicted molar refractivity (Wildman–Crippen MR) is 99.0 cm³/mol. The average molecular weight is 368 g/mol. The molecular formula is C16H25N5OS2. The van der Waals surface area contributed by atoms with E-state index in [9.17, 15) is 4.79 Å². The number of rotatable bonds is 5. The summed E-state index contributed by atoms with van der Waals surface area (Å²) in [5, 5.41) is 15.9. The van der Waals surface area contributed by atoms with Crippen LogP contribution < -0.4 is 10.6 Å². The van der Waals surface area contributed by atoms with Crippen molar-refractivity contribution in [3.05, 3.63) is 5.01 Å². The molecule has 0 bridgehead atoms. The number of carbonyl (C=O) groups excluding carboxylic acids is 1. The van der Waals surface area contributed by atoms with Crippen LogP contribution in [0.3, 0.4) is 0 Å². The fourth-order valence-corrected chi connectivity index (χ4v) is 5.65. The molecule has 0 radical (unpaired) electrons. The minimum atomic E-state index is -0.147. The number of anilines is 1. The molecule has 0 aromatic carbocycles. The first-order valence-corrected chi connectivity index (χ1v) is 10.9. The molecule has 6 nitrogen and oxygen atoms in total. The van der Waals surface area contributed by atoms with Crippen molar-refractivity contribution < 1.29 is 4.79 Å². The highest BCUT2D eigenvalue weighted by Gasteiger charge is 2.40. The number of carbonyl (C=O) groups is 1. The van der Waals surface area contributed by atoms with E-state index in [0.717, 1.165) is 24.6 Å². The van der Waals surface area contributed by atoms with Crippen LogP contribution in [-0.4, -0.2) is 57.8 Å². The number of amides is 2. The Bertz CT molecular complexity index is 577. The fraction of sp³-hybridized carbons (Fsp3) is 0.812. The number of hydrogen-bond donors (Lipinski definition) is 2. The first-order valence-electron chi connectivity index (χ1n) is 8.96. The van der Waals surface area contributed by atoms with E-state index < -0.39 is 0 Å². The molecule has 0 unspecified atom stereocenters. The molecule has 1 aliphatic heterocycles. The quantitative estimate of drug-likeness (QED) is 0.837. The van der Waals surface area contributed by atoms with Gasteiger partial charge in [0.1, 0.15) is 5.01 Å². The molecule has 0 spiro atoms. The third-order valence-corrected chi connectivity index (χ3v) is 7.33. The van der Waals surface area contributed by atoms with E-state index in [1.165, 1.54) is 61.4 Å². The zero-order valence-corrected chi connectivity index (χ0v) is 15.6. The van der Waals surface area contributed by atoms with Gasteiger partial charge in [-0.1, -0.05) is 24.2 Å². The molecule has 2 saturated carbocycles. The Labute approximate surface area is 151 Å². The van der Waals surface area contributed by atoms with Gasteiger partial charge in [0.2, 0.25) is 5.13 Å². The van der Waals surface area contributed by atoms with E-state index >= 15 is 0 Å². The summed E-state index contributed by atoms with van der Waals surface area (Å²) in [6, 6.07) is -0.147. The van der Waals surface area contributed by atoms with Crippen molar-refractivity contribution >= 4 is 34.3 Å². The van der Waals surface area contributed by atoms with E-state index in [1.807, 2.05) is 11.8 Å². The second-order valence-electron chi connectivity index (χ2n) is 7.06. The second kappa shape index (κ2) is 7.17. The Hall–Kier alpha value is -0.860. The van der Waals surface area contributed by atoms with Crippen molar-refractivity contribution in [2.75, 3.05) is 36.5 Å². The van der Waals surface area contributed by atoms with Gasteiger partial charge in [-0.25, -0.2) is 4.79 Å². The Morgan fingerprint density at radius 1 is 1.21 bits per heavy atom. The summed E-state index contributed by atoms with van der Waals surface area (Å²) in [6.07, 6.45) is 7.35. The molecule has 1 aromatic rings. The Morgan fingerprint density at radius 3 is 2.67 bits per heavy atom. The lowest BCUT2D eigenvalue weighted by Crippen LogP contribution is -2.56. The molecular weight excluding hydrogens is 342 g/mol. The summed E-state index contributed by atoms with van der Waals surface area (Å²) >= 11 is 3.55. The first-order chi connectivity index (χ1) is 11.8. The van der Waals surface area contributed by atoms with E-state index in [2.05, 4.69) is 25.7 Å². The highest BCUT2D eigenvalue weighted by Crippen LogP contribution is 2.42. The molecule has 4 rings (SSSR count). The van der Waals surface area contributed by atoms with Crippen LogP contribution in [0.1, 0.15) is 49.5 Å². The average Bonchev–Trinajstić information content (AvgIpc) is 3.17. The highest BCUT2D eigenvalue weighted by atomic mass is 32.2. The third kappa shape index (κ3) is 3.70. The molecule has 2 amide bonds. The van der Waals surface area contributed by atoms with Gasteiger partial charge in [-0.05, 0) is 25.7 Å². The molecule has 2 aliphatic carbocycles. The van der Waals surface area contributed by atoms with Crippen molar-refractivity contribution in [3.63, 3.8) is 0 Å². The van der Waals surface area contributed by atoms with Gasteiger partial charge in [0.25, 0.3) is 0 Å². The van der Waals surface area contributed by atoms with Crippen molar-refractivity contribution in [2.45, 2.75) is 50.0 Å². The molecule has 8 heteroatoms. The lowest BCUT2D eigenvalue weighted by atomic mass is 9.94. The van der Waals surface area contributed by atoms with Gasteiger partial charge in [0, 0.05) is 42.6 Å². The lowest BCUT2D eigenvalue weighted by Gasteiger charge is -2.43. The molecule has 132 valence electrons. The number of aromatic nitrogens is 2. The maximum absolute atomic E-state index is 12.3. The predicted octanol–water partition coefficient (Wildman–Crippen LogP) is 2.90. The minimum Gasteiger partial charge on any atom is -0.336 e. The monoisotopic (exact) mass is 367 g/mol. The number of hydrogen-bond acceptors (Lipinski definition) is 6. The van der Waals surface area contributed by atoms with E-state index in [1.54, 1.807) is 0 Å². The van der Waals surface area contributed by atoms with Gasteiger partial charge >= 0.3 is 6.03 Å². The maximum Gasteiger partial charge on any atom is 0.321 e. The van der Waals surface area contributed by atoms with Gasteiger partial charge in [-0.2, -0.15) is 11.8 Å². The summed E-state index contributed by atoms with van der Waals surface area (Å²) in [4.78, 5) is 14.9. The van der Waals surface area contributed by atoms with Crippen LogP contribution in [0.15, 0.2) is 0 Å². The fourth-order valence-electron chi connectivity index (χ4n) is 3.84. The van der Waals surface area contributed by atoms with Crippen molar-refractivity contribution in [1.29, 1.82) is 0 Å². The Morgan fingerprint density at radius 2 is 1.96 bits per heavy atom. The lowest BCUT2D eigenvalue weighted by molar-refractivity contribution is 0.105. The molecule has 2 heterocycles. The van der Waals surface area contributed by atoms with Crippen LogP contribution in [0.25, 0.3) is 0 Å². The number of thioether (sulfide) groups is 1. The molecule has 1 aromatic heterocycles. The van der Waals surface area contributed by atoms with E-state index in [0.29, 0.717) is 11.0 Å². The largest absolute Gasteiger partial charge is 0.336 e. The van der Waals surface area contributed by atoms with Gasteiger partial charge in [0.15, 0.2) is 0 Å². The smallest absolute Gasteiger partial charge is 0.321 e. The van der Waals surface area contributed by atoms with Gasteiger partial charge < -0.3 is 5.32 Å². The number of urea groups is 1. The van der Waals surface area contributed by atoms with Crippen LogP contribution in [0.5, 0.6) is 0 Å². The highest BCUT2D eigenvalue weighted by molar-refractivity contribution is 7.99. The second-order valence-corrected chi connectivity index (χ2v) is 9.29. The van der Waals surface area contributed by atoms with Crippen molar-refractivity contribution in [2.24, 2.45) is 0 Å². The Kier molecular flexibility index (Phi) is 4.96. The number of nitrogens with one attached hydrogen (secondary N) is 2. The standard InChI is InChI=1S/C16H25N5OS2/c22-14(18-15-20-19-13(24-15)12-3-4-12)17-11-16(5-1-2-6-16)21-7-9-23-10-8-21/h12H,1-11H2,(H2,17,18,20,22). The summed E-state index contributed by atoms with van der Waals surface area (Å²) in [5.41, 5.74) is 0.165. The first kappa shape index (κ1) is 16.6. The van der Waals surface area contributed by atoms with Crippen LogP contribution >= 0.6 is 23.1 Å². The van der Waals surface area contributed by atoms with Gasteiger partial charge in [-0.15, -0.1) is 10.2 Å². The van der Waals surface area contributed by atoms with Crippen LogP contribution in [0.2, 0.25) is 0 Å². The number of nitrogens with zero attached hydrogens (tertiary/aromatic N) is 3. The zero-order valence-electron chi connectivity index (χ0n) is 13.9. The molecule has 1 saturated heterocycles. The van der Waals surface area contributed by atoms with Crippen LogP contribution in [0, 0.1) is 0 Å². The normalized spacial score (nSPS) is 24.0. The topological polar surface area (TPSA) is 70.2 Å². The van der Waals surface area contributed by atoms with Gasteiger partial charge in [-0.3, -0.25) is 10.2 Å². The summed E-state index contributed by atoms with van der Waals surface area (Å²) in [7, 11) is 0. The molecule has 0 atom stereocenters. The Balaban J connectivity index is 1.32. The minimum absolute atomic E-state index is 0.147. The maximum atomic E-state index is 12.3. The molecule has 3 aliphatic rings. The molecule has 3 fully saturated rings. The SMILES string of the molecule is O=C(NCC1(N2CCSCC2)CCCC1)Nc1nnc(C2CC2)s1. The summed E-state index contributed by atoms with van der Waals surface area (Å²) in [5.74, 6) is 3.01. The summed E-state index contributed by atoms with van der Waals surface area (Å²) < 4.78 is 0. The van der Waals surface area contributed by atoms with Gasteiger partial charge in [0.05, 0.1) is 0 Å². The summed E-state index contributed by atoms with van der Waals surface area (Å²) in [6.45, 7) is 3.03. The molecule has 2 N–H and O–H groups in total. The van der Waals surface area contributed by atoms with Crippen molar-refractivity contribution in [3.8, 4) is 0 Å². The zero-order chi connectivity index (χ0) is 16.4. The van der Waals surface area contributed by atoms with Crippen LogP contribution in [0.4, 0.5) is 9.93 Å².